The quantitative estimate of drug-likeness (QED) is 0.773. The van der Waals surface area contributed by atoms with Crippen LogP contribution in [0.2, 0.25) is 0 Å². The smallest absolute Gasteiger partial charge is 0.254 e. The van der Waals surface area contributed by atoms with Gasteiger partial charge in [-0.3, -0.25) is 9.48 Å². The Hall–Kier alpha value is -1.36. The Morgan fingerprint density at radius 3 is 2.76 bits per heavy atom. The van der Waals surface area contributed by atoms with Crippen LogP contribution < -0.4 is 5.32 Å². The third-order valence-electron chi connectivity index (χ3n) is 3.93. The Kier molecular flexibility index (Phi) is 5.39. The number of aliphatic hydroxyl groups is 1. The van der Waals surface area contributed by atoms with Crippen LogP contribution in [-0.2, 0) is 6.54 Å². The second-order valence-electron chi connectivity index (χ2n) is 6.38. The molecule has 0 bridgehead atoms. The number of carbonyl (C=O) groups is 1. The average molecular weight is 293 g/mol. The van der Waals surface area contributed by atoms with Gasteiger partial charge in [0.25, 0.3) is 5.91 Å². The van der Waals surface area contributed by atoms with Crippen molar-refractivity contribution in [1.82, 2.24) is 15.1 Å². The molecule has 1 unspecified atom stereocenters. The number of aliphatic hydroxyl groups excluding tert-OH is 1. The number of hydrogen-bond donors (Lipinski definition) is 2. The zero-order chi connectivity index (χ0) is 15.4. The molecule has 0 aromatic carbocycles. The van der Waals surface area contributed by atoms with Gasteiger partial charge in [0.2, 0.25) is 0 Å². The second kappa shape index (κ2) is 7.07. The Morgan fingerprint density at radius 1 is 1.52 bits per heavy atom. The van der Waals surface area contributed by atoms with Gasteiger partial charge in [-0.25, -0.2) is 0 Å². The highest BCUT2D eigenvalue weighted by molar-refractivity contribution is 5.95. The second-order valence-corrected chi connectivity index (χ2v) is 6.38. The van der Waals surface area contributed by atoms with Gasteiger partial charge in [0.05, 0.1) is 17.5 Å². The highest BCUT2D eigenvalue weighted by Gasteiger charge is 2.32. The summed E-state index contributed by atoms with van der Waals surface area (Å²) in [6.07, 6.45) is 5.43. The predicted octanol–water partition coefficient (Wildman–Crippen LogP) is 2.31. The minimum atomic E-state index is -0.0489. The van der Waals surface area contributed by atoms with E-state index in [1.807, 2.05) is 11.6 Å². The first-order valence-corrected chi connectivity index (χ1v) is 8.04. The molecular formula is C16H27N3O2. The van der Waals surface area contributed by atoms with Gasteiger partial charge in [0, 0.05) is 25.1 Å². The van der Waals surface area contributed by atoms with Crippen molar-refractivity contribution in [2.75, 3.05) is 6.61 Å². The molecule has 1 amide bonds. The highest BCUT2D eigenvalue weighted by atomic mass is 16.3. The maximum Gasteiger partial charge on any atom is 0.254 e. The molecule has 5 nitrogen and oxygen atoms in total. The van der Waals surface area contributed by atoms with Crippen LogP contribution >= 0.6 is 0 Å². The molecular weight excluding hydrogens is 266 g/mol. The van der Waals surface area contributed by atoms with E-state index in [2.05, 4.69) is 24.3 Å². The monoisotopic (exact) mass is 293 g/mol. The van der Waals surface area contributed by atoms with Gasteiger partial charge in [-0.15, -0.1) is 0 Å². The van der Waals surface area contributed by atoms with Gasteiger partial charge < -0.3 is 10.4 Å². The molecule has 0 saturated heterocycles. The van der Waals surface area contributed by atoms with Gasteiger partial charge >= 0.3 is 0 Å². The van der Waals surface area contributed by atoms with Crippen molar-refractivity contribution < 1.29 is 9.90 Å². The number of hydrogen-bond acceptors (Lipinski definition) is 3. The number of amides is 1. The van der Waals surface area contributed by atoms with Crippen LogP contribution in [0.4, 0.5) is 0 Å². The minimum Gasteiger partial charge on any atom is -0.396 e. The molecule has 1 aliphatic carbocycles. The molecule has 1 saturated carbocycles. The highest BCUT2D eigenvalue weighted by Crippen LogP contribution is 2.41. The molecule has 118 valence electrons. The number of aromatic nitrogens is 2. The topological polar surface area (TPSA) is 67.2 Å². The van der Waals surface area contributed by atoms with Crippen molar-refractivity contribution >= 4 is 5.91 Å². The van der Waals surface area contributed by atoms with Crippen LogP contribution in [-0.4, -0.2) is 33.4 Å². The molecule has 1 atom stereocenters. The van der Waals surface area contributed by atoms with Crippen LogP contribution in [0.15, 0.2) is 6.20 Å². The Labute approximate surface area is 126 Å². The number of nitrogens with zero attached hydrogens (tertiary/aromatic N) is 2. The molecule has 0 aliphatic heterocycles. The molecule has 0 radical (unpaired) electrons. The zero-order valence-corrected chi connectivity index (χ0v) is 13.3. The Bertz CT molecular complexity index is 478. The summed E-state index contributed by atoms with van der Waals surface area (Å²) in [6, 6.07) is 0.0306. The lowest BCUT2D eigenvalue weighted by Gasteiger charge is -2.16. The third kappa shape index (κ3) is 4.06. The summed E-state index contributed by atoms with van der Waals surface area (Å²) in [4.78, 5) is 12.5. The van der Waals surface area contributed by atoms with Crippen molar-refractivity contribution in [1.29, 1.82) is 0 Å². The van der Waals surface area contributed by atoms with Crippen LogP contribution in [0.25, 0.3) is 0 Å². The average Bonchev–Trinajstić information content (AvgIpc) is 3.19. The van der Waals surface area contributed by atoms with E-state index in [0.717, 1.165) is 37.1 Å². The fourth-order valence-corrected chi connectivity index (χ4v) is 2.65. The van der Waals surface area contributed by atoms with Crippen molar-refractivity contribution in [3.8, 4) is 0 Å². The fraction of sp³-hybridized carbons (Fsp3) is 0.750. The summed E-state index contributed by atoms with van der Waals surface area (Å²) < 4.78 is 2.00. The Balaban J connectivity index is 2.15. The van der Waals surface area contributed by atoms with E-state index < -0.39 is 0 Å². The van der Waals surface area contributed by atoms with Crippen LogP contribution in [0, 0.1) is 5.92 Å². The minimum absolute atomic E-state index is 0.0306. The summed E-state index contributed by atoms with van der Waals surface area (Å²) in [5.74, 6) is 0.952. The van der Waals surface area contributed by atoms with Crippen molar-refractivity contribution in [2.45, 2.75) is 65.0 Å². The molecule has 5 heteroatoms. The van der Waals surface area contributed by atoms with Gasteiger partial charge in [-0.05, 0) is 31.6 Å². The zero-order valence-electron chi connectivity index (χ0n) is 13.3. The molecule has 1 fully saturated rings. The maximum atomic E-state index is 12.5. The first-order chi connectivity index (χ1) is 10.1. The van der Waals surface area contributed by atoms with E-state index in [-0.39, 0.29) is 18.6 Å². The normalized spacial score (nSPS) is 16.2. The van der Waals surface area contributed by atoms with E-state index in [9.17, 15) is 4.79 Å². The molecule has 2 N–H and O–H groups in total. The standard InChI is InChI=1S/C16H27N3O2/c1-4-13(7-8-20)18-16(21)14-9-17-19(10-11(2)3)15(14)12-5-6-12/h9,11-13,20H,4-8,10H2,1-3H3,(H,18,21). The van der Waals surface area contributed by atoms with Gasteiger partial charge in [0.15, 0.2) is 0 Å². The number of rotatable bonds is 8. The first-order valence-electron chi connectivity index (χ1n) is 8.04. The molecule has 2 rings (SSSR count). The lowest BCUT2D eigenvalue weighted by atomic mass is 10.1. The van der Waals surface area contributed by atoms with Gasteiger partial charge in [-0.1, -0.05) is 20.8 Å². The van der Waals surface area contributed by atoms with Gasteiger partial charge in [0.1, 0.15) is 0 Å². The summed E-state index contributed by atoms with van der Waals surface area (Å²) in [5.41, 5.74) is 1.81. The maximum absolute atomic E-state index is 12.5. The summed E-state index contributed by atoms with van der Waals surface area (Å²) in [7, 11) is 0. The molecule has 1 aromatic heterocycles. The largest absolute Gasteiger partial charge is 0.396 e. The molecule has 1 aromatic rings. The van der Waals surface area contributed by atoms with E-state index >= 15 is 0 Å². The molecule has 1 aliphatic rings. The van der Waals surface area contributed by atoms with E-state index in [0.29, 0.717) is 18.3 Å². The lowest BCUT2D eigenvalue weighted by Crippen LogP contribution is -2.35. The fourth-order valence-electron chi connectivity index (χ4n) is 2.65. The molecule has 21 heavy (non-hydrogen) atoms. The summed E-state index contributed by atoms with van der Waals surface area (Å²) in [6.45, 7) is 7.29. The van der Waals surface area contributed by atoms with Crippen molar-refractivity contribution in [3.05, 3.63) is 17.5 Å². The van der Waals surface area contributed by atoms with Crippen molar-refractivity contribution in [3.63, 3.8) is 0 Å². The SMILES string of the molecule is CCC(CCO)NC(=O)c1cnn(CC(C)C)c1C1CC1. The lowest BCUT2D eigenvalue weighted by molar-refractivity contribution is 0.0928. The van der Waals surface area contributed by atoms with Crippen molar-refractivity contribution in [2.24, 2.45) is 5.92 Å². The number of nitrogens with one attached hydrogen (secondary N) is 1. The van der Waals surface area contributed by atoms with Crippen LogP contribution in [0.3, 0.4) is 0 Å². The van der Waals surface area contributed by atoms with Crippen LogP contribution in [0.5, 0.6) is 0 Å². The Morgan fingerprint density at radius 2 is 2.24 bits per heavy atom. The number of carbonyl (C=O) groups excluding carboxylic acids is 1. The molecule has 1 heterocycles. The first kappa shape index (κ1) is 16.0. The van der Waals surface area contributed by atoms with E-state index in [1.54, 1.807) is 6.20 Å². The van der Waals surface area contributed by atoms with Crippen LogP contribution in [0.1, 0.15) is 68.4 Å². The third-order valence-corrected chi connectivity index (χ3v) is 3.93. The van der Waals surface area contributed by atoms with Gasteiger partial charge in [-0.2, -0.15) is 5.10 Å². The predicted molar refractivity (Wildman–Crippen MR) is 82.3 cm³/mol. The van der Waals surface area contributed by atoms with E-state index in [1.165, 1.54) is 0 Å². The summed E-state index contributed by atoms with van der Waals surface area (Å²) >= 11 is 0. The summed E-state index contributed by atoms with van der Waals surface area (Å²) in [5, 5.41) is 16.5. The van der Waals surface area contributed by atoms with E-state index in [4.69, 9.17) is 5.11 Å². The molecule has 0 spiro atoms.